The van der Waals surface area contributed by atoms with E-state index in [9.17, 15) is 5.11 Å². The lowest BCUT2D eigenvalue weighted by Crippen LogP contribution is -2.47. The molecule has 1 aliphatic heterocycles. The van der Waals surface area contributed by atoms with Crippen LogP contribution in [0.1, 0.15) is 548 Å². The minimum atomic E-state index is -0.0833. The van der Waals surface area contributed by atoms with Crippen molar-refractivity contribution in [2.45, 2.75) is 561 Å². The Kier molecular flexibility index (Phi) is 192. The molecule has 0 amide bonds. The summed E-state index contributed by atoms with van der Waals surface area (Å²) in [5.41, 5.74) is 1.82. The van der Waals surface area contributed by atoms with Gasteiger partial charge in [0, 0.05) is 12.5 Å². The molecule has 112 heavy (non-hydrogen) atoms. The highest BCUT2D eigenvalue weighted by Crippen LogP contribution is 2.56. The molecular formula is C109H260O3. The van der Waals surface area contributed by atoms with E-state index in [1.54, 1.807) is 7.11 Å². The molecule has 4 unspecified atom stereocenters. The largest absolute Gasteiger partial charge is 0.393 e. The minimum Gasteiger partial charge on any atom is -0.393 e. The maximum Gasteiger partial charge on any atom is 0.0596 e. The van der Waals surface area contributed by atoms with E-state index < -0.39 is 0 Å². The quantitative estimate of drug-likeness (QED) is 0.0990. The van der Waals surface area contributed by atoms with E-state index in [1.807, 2.05) is 222 Å². The first-order valence-electron chi connectivity index (χ1n) is 51.0. The van der Waals surface area contributed by atoms with E-state index >= 15 is 0 Å². The molecule has 714 valence electrons. The van der Waals surface area contributed by atoms with Gasteiger partial charge in [-0.3, -0.25) is 0 Å². The normalized spacial score (nSPS) is 14.4. The van der Waals surface area contributed by atoms with E-state index in [1.165, 1.54) is 57.8 Å². The summed E-state index contributed by atoms with van der Waals surface area (Å²) in [4.78, 5) is 0. The van der Waals surface area contributed by atoms with Crippen LogP contribution in [0, 0.1) is 141 Å². The van der Waals surface area contributed by atoms with Crippen molar-refractivity contribution in [1.29, 1.82) is 0 Å². The van der Waals surface area contributed by atoms with Gasteiger partial charge in [0.2, 0.25) is 0 Å². The van der Waals surface area contributed by atoms with E-state index in [4.69, 9.17) is 9.47 Å². The Morgan fingerprint density at radius 2 is 0.554 bits per heavy atom. The molecule has 3 rings (SSSR count). The fourth-order valence-electron chi connectivity index (χ4n) is 11.5. The zero-order chi connectivity index (χ0) is 96.4. The van der Waals surface area contributed by atoms with E-state index in [2.05, 4.69) is 256 Å². The van der Waals surface area contributed by atoms with Crippen LogP contribution < -0.4 is 0 Å². The highest BCUT2D eigenvalue weighted by Gasteiger charge is 2.45. The first-order chi connectivity index (χ1) is 52.2. The average molecular weight is 1620 g/mol. The molecule has 4 atom stereocenters. The van der Waals surface area contributed by atoms with Crippen LogP contribution in [0.2, 0.25) is 0 Å². The van der Waals surface area contributed by atoms with Crippen molar-refractivity contribution in [3.63, 3.8) is 0 Å². The Balaban J connectivity index is -0.0000000422. The fraction of sp³-hybridized carbons (Fsp3) is 1.00. The molecule has 3 aliphatic rings. The molecule has 0 aromatic rings. The van der Waals surface area contributed by atoms with Gasteiger partial charge in [0.1, 0.15) is 0 Å². The van der Waals surface area contributed by atoms with Gasteiger partial charge >= 0.3 is 0 Å². The van der Waals surface area contributed by atoms with E-state index in [0.29, 0.717) is 34.7 Å². The third kappa shape index (κ3) is 131. The summed E-state index contributed by atoms with van der Waals surface area (Å²) < 4.78 is 10.6. The molecule has 2 aliphatic carbocycles. The smallest absolute Gasteiger partial charge is 0.0596 e. The SMILES string of the molecule is CC.CC.CC.CC.CC.CC.CC.CC.CC.CC.CC.CC.CC.CC.CC.CC.CC(C)C(C)C(C)C(C)C.CC(C)C1CC(C(C)C)C1.CC(C)CC(C)(C)C(C)C.CC(C)CC(C)C(C)C.CC(C)CC(O)CC(C)C.CC(C)CC1(C(C)C)CC1.CC(C)CC1(C(C)C)COC1.COC(CC(C)C)C(C)C. The number of methoxy groups -OCH3 is 1. The van der Waals surface area contributed by atoms with Crippen molar-refractivity contribution in [3.05, 3.63) is 0 Å². The topological polar surface area (TPSA) is 38.7 Å². The molecule has 0 aromatic carbocycles. The van der Waals surface area contributed by atoms with E-state index in [0.717, 1.165) is 138 Å². The van der Waals surface area contributed by atoms with Crippen LogP contribution in [0.15, 0.2) is 0 Å². The van der Waals surface area contributed by atoms with Gasteiger partial charge in [-0.15, -0.1) is 0 Å². The molecule has 3 fully saturated rings. The maximum absolute atomic E-state index is 9.39. The zero-order valence-electron chi connectivity index (χ0n) is 95.2. The summed E-state index contributed by atoms with van der Waals surface area (Å²) in [5.74, 6) is 17.6. The summed E-state index contributed by atoms with van der Waals surface area (Å²) in [6, 6.07) is 0. The van der Waals surface area contributed by atoms with Crippen LogP contribution >= 0.6 is 0 Å². The fourth-order valence-corrected chi connectivity index (χ4v) is 11.5. The number of hydrogen-bond acceptors (Lipinski definition) is 3. The molecule has 3 heteroatoms. The second kappa shape index (κ2) is 129. The summed E-state index contributed by atoms with van der Waals surface area (Å²) in [6.45, 7) is 151. The van der Waals surface area contributed by atoms with Crippen molar-refractivity contribution >= 4 is 0 Å². The molecule has 0 aromatic heterocycles. The van der Waals surface area contributed by atoms with Gasteiger partial charge in [0.05, 0.1) is 25.4 Å². The molecule has 1 heterocycles. The van der Waals surface area contributed by atoms with Gasteiger partial charge in [-0.25, -0.2) is 0 Å². The third-order valence-corrected chi connectivity index (χ3v) is 19.5. The highest BCUT2D eigenvalue weighted by atomic mass is 16.5. The van der Waals surface area contributed by atoms with Crippen LogP contribution in [0.4, 0.5) is 0 Å². The molecule has 0 bridgehead atoms. The molecule has 1 saturated heterocycles. The van der Waals surface area contributed by atoms with Crippen molar-refractivity contribution in [3.8, 4) is 0 Å². The Morgan fingerprint density at radius 3 is 0.643 bits per heavy atom. The van der Waals surface area contributed by atoms with Crippen molar-refractivity contribution in [2.75, 3.05) is 20.3 Å². The van der Waals surface area contributed by atoms with E-state index in [-0.39, 0.29) is 6.10 Å². The van der Waals surface area contributed by atoms with Crippen LogP contribution in [-0.4, -0.2) is 37.6 Å². The van der Waals surface area contributed by atoms with Crippen LogP contribution in [0.25, 0.3) is 0 Å². The molecular weight excluding hydrogens is 1360 g/mol. The Bertz CT molecular complexity index is 1270. The summed E-state index contributed by atoms with van der Waals surface area (Å²) >= 11 is 0. The monoisotopic (exact) mass is 1620 g/mol. The molecule has 2 saturated carbocycles. The van der Waals surface area contributed by atoms with Crippen LogP contribution in [0.5, 0.6) is 0 Å². The predicted molar refractivity (Wildman–Crippen MR) is 551 cm³/mol. The van der Waals surface area contributed by atoms with Crippen molar-refractivity contribution < 1.29 is 14.6 Å². The zero-order valence-corrected chi connectivity index (χ0v) is 95.2. The lowest BCUT2D eigenvalue weighted by molar-refractivity contribution is -0.148. The van der Waals surface area contributed by atoms with Crippen LogP contribution in [0.3, 0.4) is 0 Å². The molecule has 1 N–H and O–H groups in total. The number of hydrogen-bond donors (Lipinski definition) is 1. The van der Waals surface area contributed by atoms with Crippen LogP contribution in [-0.2, 0) is 9.47 Å². The maximum atomic E-state index is 9.39. The van der Waals surface area contributed by atoms with Gasteiger partial charge in [0.25, 0.3) is 0 Å². The highest BCUT2D eigenvalue weighted by molar-refractivity contribution is 4.95. The lowest BCUT2D eigenvalue weighted by Gasteiger charge is -2.46. The molecule has 0 spiro atoms. The second-order valence-corrected chi connectivity index (χ2v) is 34.1. The first-order valence-corrected chi connectivity index (χ1v) is 51.0. The summed E-state index contributed by atoms with van der Waals surface area (Å²) in [6.07, 6.45) is 14.9. The van der Waals surface area contributed by atoms with Crippen molar-refractivity contribution in [1.82, 2.24) is 0 Å². The summed E-state index contributed by atoms with van der Waals surface area (Å²) in [7, 11) is 1.80. The standard InChI is InChI=1S/C10H20O.2C10H20.2C10H22.2C9H20O.C9H20.16C2H6/c1-8(2)5-10(9(3)4)6-11-7-10;1-7(2)9-5-10(6-9)8(3)4;1-8(2)7-10(5-6-10)9(3)4;1-8(2)7-10(5,6)9(3)4;1-7(2)9(5)10(6)8(3)4;1-7(2)6-9(10-5)8(3)4;1-7(2)5-9(10)6-8(3)4;1-7(2)6-9(5)8(3)4;16*1-2/h8-9H,5-7H2,1-4H3;7-10H,5-6H2,1-4H3;8-9H,5-7H2,1-4H3;8-9H,7H2,1-6H3;7-10H,1-6H3;7-9H,6H2,1-5H3;7-10H,5-6H2,1-4H3;7-9H,6H2,1-5H3;16*1-2H3. The van der Waals surface area contributed by atoms with Gasteiger partial charge in [-0.05, 0) is 206 Å². The average Bonchev–Trinajstić information content (AvgIpc) is 1.73. The predicted octanol–water partition coefficient (Wildman–Crippen LogP) is 41.7. The minimum absolute atomic E-state index is 0.0833. The molecule has 0 radical (unpaired) electrons. The Labute approximate surface area is 731 Å². The van der Waals surface area contributed by atoms with Gasteiger partial charge < -0.3 is 14.6 Å². The van der Waals surface area contributed by atoms with Gasteiger partial charge in [-0.1, -0.05) is 478 Å². The number of ether oxygens (including phenoxy) is 2. The Morgan fingerprint density at radius 1 is 0.312 bits per heavy atom. The number of aliphatic hydroxyl groups excluding tert-OH is 1. The Hall–Kier alpha value is -0.120. The van der Waals surface area contributed by atoms with Gasteiger partial charge in [-0.2, -0.15) is 0 Å². The second-order valence-electron chi connectivity index (χ2n) is 34.1. The third-order valence-electron chi connectivity index (χ3n) is 19.5. The molecule has 3 nitrogen and oxygen atoms in total. The lowest BCUT2D eigenvalue weighted by atomic mass is 9.65. The first kappa shape index (κ1) is 167. The summed E-state index contributed by atoms with van der Waals surface area (Å²) in [5, 5.41) is 9.39. The van der Waals surface area contributed by atoms with Gasteiger partial charge in [0.15, 0.2) is 0 Å². The van der Waals surface area contributed by atoms with Crippen molar-refractivity contribution in [2.24, 2.45) is 141 Å². The number of rotatable bonds is 25. The number of aliphatic hydroxyl groups is 1.